The Morgan fingerprint density at radius 3 is 1.91 bits per heavy atom. The third-order valence-corrected chi connectivity index (χ3v) is 4.78. The summed E-state index contributed by atoms with van der Waals surface area (Å²) in [4.78, 5) is 12.2. The molecule has 0 aromatic heterocycles. The third kappa shape index (κ3) is 4.01. The van der Waals surface area contributed by atoms with Gasteiger partial charge < -0.3 is 4.74 Å². The molecule has 0 amide bonds. The van der Waals surface area contributed by atoms with E-state index in [9.17, 15) is 4.79 Å². The minimum Gasteiger partial charge on any atom is -0.459 e. The summed E-state index contributed by atoms with van der Waals surface area (Å²) in [5.74, 6) is 0.411. The number of esters is 1. The molecule has 0 bridgehead atoms. The summed E-state index contributed by atoms with van der Waals surface area (Å²) in [5.41, 5.74) is 4.52. The highest BCUT2D eigenvalue weighted by Crippen LogP contribution is 2.34. The van der Waals surface area contributed by atoms with E-state index in [-0.39, 0.29) is 12.1 Å². The largest absolute Gasteiger partial charge is 0.459 e. The molecule has 0 unspecified atom stereocenters. The van der Waals surface area contributed by atoms with Crippen molar-refractivity contribution in [2.75, 3.05) is 0 Å². The van der Waals surface area contributed by atoms with Crippen LogP contribution in [0.4, 0.5) is 0 Å². The molecule has 0 aliphatic heterocycles. The quantitative estimate of drug-likeness (QED) is 0.730. The lowest BCUT2D eigenvalue weighted by Gasteiger charge is -2.28. The first-order valence-electron chi connectivity index (χ1n) is 8.46. The van der Waals surface area contributed by atoms with Crippen molar-refractivity contribution in [3.63, 3.8) is 0 Å². The molecule has 3 rings (SSSR count). The van der Waals surface area contributed by atoms with E-state index in [2.05, 4.69) is 31.2 Å². The van der Waals surface area contributed by atoms with E-state index in [0.717, 1.165) is 31.2 Å². The van der Waals surface area contributed by atoms with Crippen molar-refractivity contribution in [3.05, 3.63) is 70.8 Å². The molecule has 0 atom stereocenters. The molecule has 2 nitrogen and oxygen atoms in total. The standard InChI is InChI=1S/C21H24O2/c1-15-3-7-17(8-4-15)18-11-13-20(14-12-18)23-21(22)19-9-5-16(2)6-10-19/h3-10,18,20H,11-14H2,1-2H3. The Kier molecular flexibility index (Phi) is 4.80. The van der Waals surface area contributed by atoms with E-state index in [4.69, 9.17) is 4.74 Å². The van der Waals surface area contributed by atoms with E-state index in [1.165, 1.54) is 11.1 Å². The van der Waals surface area contributed by atoms with Crippen LogP contribution in [0.3, 0.4) is 0 Å². The maximum Gasteiger partial charge on any atom is 0.338 e. The summed E-state index contributed by atoms with van der Waals surface area (Å²) in [5, 5.41) is 0. The van der Waals surface area contributed by atoms with Gasteiger partial charge in [-0.2, -0.15) is 0 Å². The van der Waals surface area contributed by atoms with Gasteiger partial charge >= 0.3 is 5.97 Å². The Hall–Kier alpha value is -2.09. The molecule has 23 heavy (non-hydrogen) atoms. The first-order chi connectivity index (χ1) is 11.1. The van der Waals surface area contributed by atoms with E-state index < -0.39 is 0 Å². The van der Waals surface area contributed by atoms with Gasteiger partial charge in [-0.1, -0.05) is 47.5 Å². The highest BCUT2D eigenvalue weighted by molar-refractivity contribution is 5.89. The fourth-order valence-corrected chi connectivity index (χ4v) is 3.26. The molecular formula is C21H24O2. The van der Waals surface area contributed by atoms with E-state index in [0.29, 0.717) is 11.5 Å². The monoisotopic (exact) mass is 308 g/mol. The molecule has 0 N–H and O–H groups in total. The van der Waals surface area contributed by atoms with Crippen molar-refractivity contribution in [1.29, 1.82) is 0 Å². The first-order valence-corrected chi connectivity index (χ1v) is 8.46. The Morgan fingerprint density at radius 1 is 0.826 bits per heavy atom. The van der Waals surface area contributed by atoms with Crippen LogP contribution in [0.15, 0.2) is 48.5 Å². The number of aryl methyl sites for hydroxylation is 2. The van der Waals surface area contributed by atoms with Crippen LogP contribution in [0.2, 0.25) is 0 Å². The SMILES string of the molecule is Cc1ccc(C(=O)OC2CCC(c3ccc(C)cc3)CC2)cc1. The van der Waals surface area contributed by atoms with Crippen molar-refractivity contribution >= 4 is 5.97 Å². The van der Waals surface area contributed by atoms with Crippen molar-refractivity contribution in [1.82, 2.24) is 0 Å². The molecule has 2 aromatic carbocycles. The molecule has 1 saturated carbocycles. The first kappa shape index (κ1) is 15.8. The Balaban J connectivity index is 1.53. The second-order valence-corrected chi connectivity index (χ2v) is 6.66. The average molecular weight is 308 g/mol. The van der Waals surface area contributed by atoms with Gasteiger partial charge in [0, 0.05) is 0 Å². The van der Waals surface area contributed by atoms with Crippen molar-refractivity contribution < 1.29 is 9.53 Å². The number of carbonyl (C=O) groups excluding carboxylic acids is 1. The summed E-state index contributed by atoms with van der Waals surface area (Å²) in [6, 6.07) is 16.4. The molecule has 0 radical (unpaired) electrons. The molecule has 2 heteroatoms. The van der Waals surface area contributed by atoms with Crippen molar-refractivity contribution in [3.8, 4) is 0 Å². The maximum atomic E-state index is 12.2. The normalized spacial score (nSPS) is 21.0. The second kappa shape index (κ2) is 6.99. The summed E-state index contributed by atoms with van der Waals surface area (Å²) in [6.07, 6.45) is 4.15. The van der Waals surface area contributed by atoms with Crippen molar-refractivity contribution in [2.45, 2.75) is 51.6 Å². The zero-order valence-corrected chi connectivity index (χ0v) is 13.9. The smallest absolute Gasteiger partial charge is 0.338 e. The molecule has 0 heterocycles. The van der Waals surface area contributed by atoms with E-state index in [1.54, 1.807) is 0 Å². The Labute approximate surface area is 138 Å². The molecule has 0 saturated heterocycles. The van der Waals surface area contributed by atoms with E-state index >= 15 is 0 Å². The number of carbonyl (C=O) groups is 1. The van der Waals surface area contributed by atoms with Crippen LogP contribution in [0.25, 0.3) is 0 Å². The fourth-order valence-electron chi connectivity index (χ4n) is 3.26. The molecule has 0 spiro atoms. The average Bonchev–Trinajstić information content (AvgIpc) is 2.57. The predicted octanol–water partition coefficient (Wildman–Crippen LogP) is 5.19. The zero-order chi connectivity index (χ0) is 16.2. The van der Waals surface area contributed by atoms with Gasteiger partial charge in [0.15, 0.2) is 0 Å². The second-order valence-electron chi connectivity index (χ2n) is 6.66. The van der Waals surface area contributed by atoms with Crippen LogP contribution in [-0.2, 0) is 4.74 Å². The number of benzene rings is 2. The lowest BCUT2D eigenvalue weighted by molar-refractivity contribution is 0.0195. The lowest BCUT2D eigenvalue weighted by atomic mass is 9.82. The Morgan fingerprint density at radius 2 is 1.35 bits per heavy atom. The molecular weight excluding hydrogens is 284 g/mol. The molecule has 2 aromatic rings. The fraction of sp³-hybridized carbons (Fsp3) is 0.381. The third-order valence-electron chi connectivity index (χ3n) is 4.78. The molecule has 1 aliphatic rings. The predicted molar refractivity (Wildman–Crippen MR) is 92.8 cm³/mol. The number of rotatable bonds is 3. The Bertz CT molecular complexity index is 647. The van der Waals surface area contributed by atoms with Gasteiger partial charge in [-0.25, -0.2) is 4.79 Å². The zero-order valence-electron chi connectivity index (χ0n) is 13.9. The van der Waals surface area contributed by atoms with Gasteiger partial charge in [0.1, 0.15) is 6.10 Å². The van der Waals surface area contributed by atoms with Crippen LogP contribution in [-0.4, -0.2) is 12.1 Å². The van der Waals surface area contributed by atoms with Gasteiger partial charge in [0.05, 0.1) is 5.56 Å². The van der Waals surface area contributed by atoms with Gasteiger partial charge in [-0.3, -0.25) is 0 Å². The highest BCUT2D eigenvalue weighted by atomic mass is 16.5. The highest BCUT2D eigenvalue weighted by Gasteiger charge is 2.25. The van der Waals surface area contributed by atoms with Crippen LogP contribution >= 0.6 is 0 Å². The molecule has 1 aliphatic carbocycles. The summed E-state index contributed by atoms with van der Waals surface area (Å²) < 4.78 is 5.68. The number of ether oxygens (including phenoxy) is 1. The summed E-state index contributed by atoms with van der Waals surface area (Å²) >= 11 is 0. The van der Waals surface area contributed by atoms with Crippen LogP contribution in [0.5, 0.6) is 0 Å². The topological polar surface area (TPSA) is 26.3 Å². The van der Waals surface area contributed by atoms with Gasteiger partial charge in [-0.15, -0.1) is 0 Å². The number of hydrogen-bond donors (Lipinski definition) is 0. The maximum absolute atomic E-state index is 12.2. The summed E-state index contributed by atoms with van der Waals surface area (Å²) in [6.45, 7) is 4.13. The molecule has 1 fully saturated rings. The lowest BCUT2D eigenvalue weighted by Crippen LogP contribution is -2.24. The number of hydrogen-bond acceptors (Lipinski definition) is 2. The summed E-state index contributed by atoms with van der Waals surface area (Å²) in [7, 11) is 0. The van der Waals surface area contributed by atoms with Crippen LogP contribution < -0.4 is 0 Å². The van der Waals surface area contributed by atoms with Crippen molar-refractivity contribution in [2.24, 2.45) is 0 Å². The minimum absolute atomic E-state index is 0.0606. The van der Waals surface area contributed by atoms with E-state index in [1.807, 2.05) is 31.2 Å². The molecule has 120 valence electrons. The van der Waals surface area contributed by atoms with Crippen LogP contribution in [0, 0.1) is 13.8 Å². The van der Waals surface area contributed by atoms with Crippen LogP contribution in [0.1, 0.15) is 58.6 Å². The van der Waals surface area contributed by atoms with Gasteiger partial charge in [0.2, 0.25) is 0 Å². The van der Waals surface area contributed by atoms with Gasteiger partial charge in [-0.05, 0) is 63.1 Å². The van der Waals surface area contributed by atoms with Gasteiger partial charge in [0.25, 0.3) is 0 Å². The minimum atomic E-state index is -0.191.